The van der Waals surface area contributed by atoms with Gasteiger partial charge in [0.05, 0.1) is 43.5 Å². The van der Waals surface area contributed by atoms with E-state index in [9.17, 15) is 14.9 Å². The van der Waals surface area contributed by atoms with E-state index in [1.54, 1.807) is 13.8 Å². The van der Waals surface area contributed by atoms with E-state index >= 15 is 0 Å². The Morgan fingerprint density at radius 1 is 1.19 bits per heavy atom. The van der Waals surface area contributed by atoms with E-state index in [4.69, 9.17) is 25.8 Å². The molecule has 0 radical (unpaired) electrons. The van der Waals surface area contributed by atoms with E-state index in [0.717, 1.165) is 0 Å². The molecule has 0 unspecified atom stereocenters. The van der Waals surface area contributed by atoms with Crippen molar-refractivity contribution >= 4 is 23.1 Å². The third kappa shape index (κ3) is 4.89. The standard InChI is InChI=1S/C17H18ClN3O6/c1-9(2)27-8-10-5-11(18)6-12(15(10)21(23)24)16(22)17-19-13(25-3)7-14(20-17)26-4/h5-7,9H,8H2,1-4H3. The minimum Gasteiger partial charge on any atom is -0.481 e. The molecule has 10 heteroatoms. The topological polar surface area (TPSA) is 114 Å². The summed E-state index contributed by atoms with van der Waals surface area (Å²) in [6.07, 6.45) is -0.159. The molecule has 27 heavy (non-hydrogen) atoms. The Bertz CT molecular complexity index is 850. The first kappa shape index (κ1) is 20.5. The molecule has 0 aliphatic heterocycles. The van der Waals surface area contributed by atoms with Crippen LogP contribution < -0.4 is 9.47 Å². The van der Waals surface area contributed by atoms with E-state index in [0.29, 0.717) is 0 Å². The van der Waals surface area contributed by atoms with Crippen LogP contribution in [0.2, 0.25) is 5.02 Å². The SMILES string of the molecule is COc1cc(OC)nc(C(=O)c2cc(Cl)cc(COC(C)C)c2[N+](=O)[O-])n1. The molecule has 0 aliphatic carbocycles. The summed E-state index contributed by atoms with van der Waals surface area (Å²) in [6, 6.07) is 3.98. The molecule has 1 heterocycles. The van der Waals surface area contributed by atoms with Gasteiger partial charge in [-0.3, -0.25) is 14.9 Å². The van der Waals surface area contributed by atoms with Gasteiger partial charge in [-0.15, -0.1) is 0 Å². The highest BCUT2D eigenvalue weighted by Gasteiger charge is 2.29. The summed E-state index contributed by atoms with van der Waals surface area (Å²) < 4.78 is 15.5. The van der Waals surface area contributed by atoms with Crippen molar-refractivity contribution < 1.29 is 23.9 Å². The first-order valence-corrected chi connectivity index (χ1v) is 8.24. The van der Waals surface area contributed by atoms with Crippen LogP contribution in [0.3, 0.4) is 0 Å². The van der Waals surface area contributed by atoms with Gasteiger partial charge < -0.3 is 14.2 Å². The lowest BCUT2D eigenvalue weighted by Crippen LogP contribution is -2.13. The lowest BCUT2D eigenvalue weighted by Gasteiger charge is -2.11. The third-order valence-electron chi connectivity index (χ3n) is 3.45. The van der Waals surface area contributed by atoms with Crippen molar-refractivity contribution in [2.24, 2.45) is 0 Å². The maximum atomic E-state index is 12.9. The molecule has 9 nitrogen and oxygen atoms in total. The number of carbonyl (C=O) groups is 1. The second-order valence-corrected chi connectivity index (χ2v) is 6.12. The Labute approximate surface area is 160 Å². The maximum Gasteiger partial charge on any atom is 0.286 e. The number of halogens is 1. The molecular weight excluding hydrogens is 378 g/mol. The predicted octanol–water partition coefficient (Wildman–Crippen LogP) is 3.21. The van der Waals surface area contributed by atoms with Crippen molar-refractivity contribution in [3.8, 4) is 11.8 Å². The molecule has 144 valence electrons. The highest BCUT2D eigenvalue weighted by Crippen LogP contribution is 2.31. The molecule has 0 saturated heterocycles. The van der Waals surface area contributed by atoms with Crippen LogP contribution in [0.5, 0.6) is 11.8 Å². The minimum atomic E-state index is -0.785. The second kappa shape index (κ2) is 8.74. The lowest BCUT2D eigenvalue weighted by molar-refractivity contribution is -0.386. The molecule has 0 spiro atoms. The summed E-state index contributed by atoms with van der Waals surface area (Å²) in [5, 5.41) is 11.8. The Morgan fingerprint density at radius 2 is 1.78 bits per heavy atom. The number of nitro groups is 1. The third-order valence-corrected chi connectivity index (χ3v) is 3.67. The zero-order valence-corrected chi connectivity index (χ0v) is 15.9. The van der Waals surface area contributed by atoms with Crippen LogP contribution >= 0.6 is 11.6 Å². The number of methoxy groups -OCH3 is 2. The second-order valence-electron chi connectivity index (χ2n) is 5.68. The van der Waals surface area contributed by atoms with E-state index in [2.05, 4.69) is 9.97 Å². The number of aromatic nitrogens is 2. The molecule has 0 saturated carbocycles. The normalized spacial score (nSPS) is 10.7. The highest BCUT2D eigenvalue weighted by atomic mass is 35.5. The van der Waals surface area contributed by atoms with Crippen LogP contribution in [0.1, 0.15) is 35.6 Å². The van der Waals surface area contributed by atoms with Gasteiger partial charge in [-0.05, 0) is 26.0 Å². The van der Waals surface area contributed by atoms with Crippen LogP contribution in [-0.4, -0.2) is 41.0 Å². The monoisotopic (exact) mass is 395 g/mol. The zero-order valence-electron chi connectivity index (χ0n) is 15.2. The van der Waals surface area contributed by atoms with E-state index in [-0.39, 0.29) is 46.4 Å². The largest absolute Gasteiger partial charge is 0.481 e. The molecule has 1 aromatic heterocycles. The maximum absolute atomic E-state index is 12.9. The smallest absolute Gasteiger partial charge is 0.286 e. The van der Waals surface area contributed by atoms with Crippen molar-refractivity contribution in [2.75, 3.05) is 14.2 Å². The number of ether oxygens (including phenoxy) is 3. The Hall–Kier alpha value is -2.78. The lowest BCUT2D eigenvalue weighted by atomic mass is 10.0. The molecule has 0 N–H and O–H groups in total. The van der Waals surface area contributed by atoms with Crippen molar-refractivity contribution in [3.63, 3.8) is 0 Å². The molecule has 0 fully saturated rings. The predicted molar refractivity (Wildman–Crippen MR) is 96.6 cm³/mol. The van der Waals surface area contributed by atoms with E-state index in [1.807, 2.05) is 0 Å². The van der Waals surface area contributed by atoms with Gasteiger partial charge in [0.1, 0.15) is 5.56 Å². The molecular formula is C17H18ClN3O6. The van der Waals surface area contributed by atoms with Gasteiger partial charge in [-0.1, -0.05) is 11.6 Å². The fraction of sp³-hybridized carbons (Fsp3) is 0.353. The summed E-state index contributed by atoms with van der Waals surface area (Å²) in [5.41, 5.74) is -0.472. The van der Waals surface area contributed by atoms with Crippen LogP contribution in [0.4, 0.5) is 5.69 Å². The molecule has 0 amide bonds. The van der Waals surface area contributed by atoms with E-state index < -0.39 is 16.4 Å². The number of carbonyl (C=O) groups excluding carboxylic acids is 1. The highest BCUT2D eigenvalue weighted by molar-refractivity contribution is 6.31. The van der Waals surface area contributed by atoms with Crippen LogP contribution in [0.15, 0.2) is 18.2 Å². The fourth-order valence-corrected chi connectivity index (χ4v) is 2.49. The van der Waals surface area contributed by atoms with Crippen LogP contribution in [0.25, 0.3) is 0 Å². The van der Waals surface area contributed by atoms with Gasteiger partial charge in [-0.25, -0.2) is 0 Å². The molecule has 2 rings (SSSR count). The van der Waals surface area contributed by atoms with Gasteiger partial charge in [0, 0.05) is 5.02 Å². The van der Waals surface area contributed by atoms with Crippen molar-refractivity contribution in [1.82, 2.24) is 9.97 Å². The number of rotatable bonds is 8. The van der Waals surface area contributed by atoms with Crippen LogP contribution in [0, 0.1) is 10.1 Å². The number of ketones is 1. The van der Waals surface area contributed by atoms with Crippen LogP contribution in [-0.2, 0) is 11.3 Å². The molecule has 0 bridgehead atoms. The summed E-state index contributed by atoms with van der Waals surface area (Å²) in [7, 11) is 2.72. The van der Waals surface area contributed by atoms with Gasteiger partial charge in [0.25, 0.3) is 5.69 Å². The Balaban J connectivity index is 2.60. The number of hydrogen-bond acceptors (Lipinski definition) is 8. The summed E-state index contributed by atoms with van der Waals surface area (Å²) in [6.45, 7) is 3.51. The summed E-state index contributed by atoms with van der Waals surface area (Å²) in [4.78, 5) is 31.8. The zero-order chi connectivity index (χ0) is 20.1. The van der Waals surface area contributed by atoms with E-state index in [1.165, 1.54) is 32.4 Å². The van der Waals surface area contributed by atoms with Gasteiger partial charge in [0.15, 0.2) is 0 Å². The first-order valence-electron chi connectivity index (χ1n) is 7.87. The molecule has 2 aromatic rings. The number of benzene rings is 1. The van der Waals surface area contributed by atoms with Gasteiger partial charge >= 0.3 is 0 Å². The Kier molecular flexibility index (Phi) is 6.65. The number of nitro benzene ring substituents is 1. The Morgan fingerprint density at radius 3 is 2.26 bits per heavy atom. The molecule has 0 atom stereocenters. The average Bonchev–Trinajstić information content (AvgIpc) is 2.64. The quantitative estimate of drug-likeness (QED) is 0.380. The first-order chi connectivity index (χ1) is 12.8. The van der Waals surface area contributed by atoms with Gasteiger partial charge in [-0.2, -0.15) is 9.97 Å². The van der Waals surface area contributed by atoms with Gasteiger partial charge in [0.2, 0.25) is 23.4 Å². The van der Waals surface area contributed by atoms with Crippen molar-refractivity contribution in [2.45, 2.75) is 26.6 Å². The number of hydrogen-bond donors (Lipinski definition) is 0. The number of nitrogens with zero attached hydrogens (tertiary/aromatic N) is 3. The molecule has 0 aliphatic rings. The fourth-order valence-electron chi connectivity index (χ4n) is 2.25. The van der Waals surface area contributed by atoms with Crippen molar-refractivity contribution in [3.05, 3.63) is 50.3 Å². The summed E-state index contributed by atoms with van der Waals surface area (Å²) in [5.74, 6) is -0.934. The minimum absolute atomic E-state index is 0.0723. The van der Waals surface area contributed by atoms with Crippen molar-refractivity contribution in [1.29, 1.82) is 0 Å². The average molecular weight is 396 g/mol. The molecule has 1 aromatic carbocycles. The summed E-state index contributed by atoms with van der Waals surface area (Å²) >= 11 is 6.07.